The van der Waals surface area contributed by atoms with Crippen LogP contribution in [0.1, 0.15) is 0 Å². The molecular weight excluding hydrogens is 487 g/mol. The van der Waals surface area contributed by atoms with Crippen molar-refractivity contribution in [2.45, 2.75) is 0 Å². The van der Waals surface area contributed by atoms with Gasteiger partial charge in [-0.3, -0.25) is 18.7 Å². The van der Waals surface area contributed by atoms with Crippen molar-refractivity contribution in [3.05, 3.63) is 101 Å². The van der Waals surface area contributed by atoms with Gasteiger partial charge in [-0.2, -0.15) is 0 Å². The Kier molecular flexibility index (Phi) is 5.10. The van der Waals surface area contributed by atoms with Crippen LogP contribution >= 0.6 is 47.6 Å². The number of halogens is 2. The van der Waals surface area contributed by atoms with E-state index < -0.39 is 0 Å². The van der Waals surface area contributed by atoms with Crippen LogP contribution in [0.4, 0.5) is 0 Å². The summed E-state index contributed by atoms with van der Waals surface area (Å²) in [6.07, 6.45) is 0. The molecule has 2 heterocycles. The summed E-state index contributed by atoms with van der Waals surface area (Å²) in [5.41, 5.74) is 1.68. The lowest BCUT2D eigenvalue weighted by atomic mass is 10.2. The van der Waals surface area contributed by atoms with Crippen LogP contribution in [0.15, 0.2) is 70.3 Å². The minimum Gasteiger partial charge on any atom is -0.331 e. The second-order valence-electron chi connectivity index (χ2n) is 7.04. The number of fused-ring (bicyclic) bond motifs is 2. The first kappa shape index (κ1) is 20.8. The molecule has 0 spiro atoms. The van der Waals surface area contributed by atoms with Crippen molar-refractivity contribution in [1.29, 1.82) is 0 Å². The van der Waals surface area contributed by atoms with E-state index >= 15 is 0 Å². The third-order valence-corrected chi connectivity index (χ3v) is 6.13. The van der Waals surface area contributed by atoms with Gasteiger partial charge < -0.3 is 9.97 Å². The average Bonchev–Trinajstić information content (AvgIpc) is 2.76. The summed E-state index contributed by atoms with van der Waals surface area (Å²) in [6, 6.07) is 16.8. The monoisotopic (exact) mass is 498 g/mol. The highest BCUT2D eigenvalue weighted by atomic mass is 35.5. The first-order valence-electron chi connectivity index (χ1n) is 9.33. The SMILES string of the molecule is O=c1c2cc(Cl)ccc2[nH]c(=S)n1-c1ccc(-n2c(=S)[nH]c3ccc(Cl)cc3c2=O)cc1. The van der Waals surface area contributed by atoms with Crippen molar-refractivity contribution in [1.82, 2.24) is 19.1 Å². The van der Waals surface area contributed by atoms with E-state index in [4.69, 9.17) is 47.6 Å². The number of nitrogens with zero attached hydrogens (tertiary/aromatic N) is 2. The fraction of sp³-hybridized carbons (Fsp3) is 0. The molecule has 0 aliphatic heterocycles. The lowest BCUT2D eigenvalue weighted by Gasteiger charge is -2.11. The van der Waals surface area contributed by atoms with Crippen molar-refractivity contribution >= 4 is 69.4 Å². The third-order valence-electron chi connectivity index (χ3n) is 5.09. The fourth-order valence-corrected chi connectivity index (χ4v) is 4.53. The third kappa shape index (κ3) is 3.41. The molecule has 0 unspecified atom stereocenters. The molecule has 2 N–H and O–H groups in total. The van der Waals surface area contributed by atoms with E-state index in [0.29, 0.717) is 43.2 Å². The predicted molar refractivity (Wildman–Crippen MR) is 133 cm³/mol. The van der Waals surface area contributed by atoms with Gasteiger partial charge in [-0.25, -0.2) is 0 Å². The Morgan fingerprint density at radius 2 is 1.00 bits per heavy atom. The van der Waals surface area contributed by atoms with Crippen LogP contribution in [0.25, 0.3) is 33.2 Å². The van der Waals surface area contributed by atoms with Gasteiger partial charge in [0.15, 0.2) is 9.54 Å². The van der Waals surface area contributed by atoms with Crippen molar-refractivity contribution in [2.75, 3.05) is 0 Å². The van der Waals surface area contributed by atoms with E-state index in [2.05, 4.69) is 9.97 Å². The van der Waals surface area contributed by atoms with Gasteiger partial charge in [0.2, 0.25) is 0 Å². The minimum absolute atomic E-state index is 0.243. The molecule has 32 heavy (non-hydrogen) atoms. The largest absolute Gasteiger partial charge is 0.331 e. The second-order valence-corrected chi connectivity index (χ2v) is 8.68. The highest BCUT2D eigenvalue weighted by Gasteiger charge is 2.11. The zero-order chi connectivity index (χ0) is 22.6. The summed E-state index contributed by atoms with van der Waals surface area (Å²) in [5, 5.41) is 1.74. The molecule has 0 fully saturated rings. The topological polar surface area (TPSA) is 75.6 Å². The Labute approximate surface area is 200 Å². The fourth-order valence-electron chi connectivity index (χ4n) is 3.59. The number of aromatic amines is 2. The maximum absolute atomic E-state index is 13.1. The summed E-state index contributed by atoms with van der Waals surface area (Å²) in [4.78, 5) is 32.2. The Morgan fingerprint density at radius 3 is 1.38 bits per heavy atom. The van der Waals surface area contributed by atoms with E-state index in [-0.39, 0.29) is 20.7 Å². The maximum Gasteiger partial charge on any atom is 0.266 e. The number of H-pyrrole nitrogens is 2. The molecule has 0 atom stereocenters. The van der Waals surface area contributed by atoms with Crippen LogP contribution in [-0.2, 0) is 0 Å². The molecule has 0 aliphatic rings. The summed E-state index contributed by atoms with van der Waals surface area (Å²) >= 11 is 22.9. The molecule has 10 heteroatoms. The average molecular weight is 499 g/mol. The first-order valence-corrected chi connectivity index (χ1v) is 10.9. The zero-order valence-electron chi connectivity index (χ0n) is 16.1. The number of rotatable bonds is 2. The highest BCUT2D eigenvalue weighted by Crippen LogP contribution is 2.19. The number of hydrogen-bond acceptors (Lipinski definition) is 4. The van der Waals surface area contributed by atoms with Crippen LogP contribution in [0.5, 0.6) is 0 Å². The lowest BCUT2D eigenvalue weighted by molar-refractivity contribution is 0.922. The quantitative estimate of drug-likeness (QED) is 0.305. The van der Waals surface area contributed by atoms with Crippen LogP contribution in [0.3, 0.4) is 0 Å². The molecule has 158 valence electrons. The first-order chi connectivity index (χ1) is 15.3. The lowest BCUT2D eigenvalue weighted by Crippen LogP contribution is -2.22. The smallest absolute Gasteiger partial charge is 0.266 e. The maximum atomic E-state index is 13.1. The predicted octanol–water partition coefficient (Wildman–Crippen LogP) is 5.72. The van der Waals surface area contributed by atoms with E-state index in [9.17, 15) is 9.59 Å². The van der Waals surface area contributed by atoms with Gasteiger partial charge in [-0.1, -0.05) is 23.2 Å². The van der Waals surface area contributed by atoms with Gasteiger partial charge in [0.25, 0.3) is 11.1 Å². The Bertz CT molecular complexity index is 1650. The summed E-state index contributed by atoms with van der Waals surface area (Å²) in [5.74, 6) is 0. The van der Waals surface area contributed by atoms with E-state index in [1.807, 2.05) is 0 Å². The van der Waals surface area contributed by atoms with Gasteiger partial charge in [0.1, 0.15) is 0 Å². The molecule has 0 radical (unpaired) electrons. The van der Waals surface area contributed by atoms with Crippen LogP contribution in [0.2, 0.25) is 10.0 Å². The normalized spacial score (nSPS) is 11.3. The molecule has 0 amide bonds. The molecule has 0 aliphatic carbocycles. The van der Waals surface area contributed by atoms with Crippen molar-refractivity contribution in [3.8, 4) is 11.4 Å². The number of nitrogens with one attached hydrogen (secondary N) is 2. The minimum atomic E-state index is -0.297. The Hall–Kier alpha value is -3.04. The van der Waals surface area contributed by atoms with Crippen molar-refractivity contribution < 1.29 is 0 Å². The van der Waals surface area contributed by atoms with E-state index in [1.165, 1.54) is 9.13 Å². The van der Waals surface area contributed by atoms with E-state index in [1.54, 1.807) is 60.7 Å². The molecule has 0 bridgehead atoms. The highest BCUT2D eigenvalue weighted by molar-refractivity contribution is 7.71. The van der Waals surface area contributed by atoms with Gasteiger partial charge in [0.05, 0.1) is 33.2 Å². The zero-order valence-corrected chi connectivity index (χ0v) is 19.2. The Balaban J connectivity index is 1.68. The van der Waals surface area contributed by atoms with Crippen LogP contribution < -0.4 is 11.1 Å². The van der Waals surface area contributed by atoms with Crippen LogP contribution in [0, 0.1) is 9.54 Å². The number of aromatic nitrogens is 4. The van der Waals surface area contributed by atoms with Gasteiger partial charge in [-0.05, 0) is 85.1 Å². The standard InChI is InChI=1S/C22H12Cl2N4O2S2/c23-11-1-7-17-15(9-11)19(29)27(21(31)25-17)13-3-5-14(6-4-13)28-20(30)16-10-12(24)2-8-18(16)26-22(28)32/h1-10H,(H,25,31)(H,26,32). The molecule has 0 saturated carbocycles. The number of hydrogen-bond donors (Lipinski definition) is 2. The molecule has 6 nitrogen and oxygen atoms in total. The summed E-state index contributed by atoms with van der Waals surface area (Å²) in [7, 11) is 0. The Morgan fingerprint density at radius 1 is 0.625 bits per heavy atom. The summed E-state index contributed by atoms with van der Waals surface area (Å²) < 4.78 is 3.24. The van der Waals surface area contributed by atoms with Gasteiger partial charge >= 0.3 is 0 Å². The van der Waals surface area contributed by atoms with Gasteiger partial charge in [-0.15, -0.1) is 0 Å². The van der Waals surface area contributed by atoms with Crippen LogP contribution in [-0.4, -0.2) is 19.1 Å². The van der Waals surface area contributed by atoms with Crippen molar-refractivity contribution in [2.24, 2.45) is 0 Å². The molecular formula is C22H12Cl2N4O2S2. The van der Waals surface area contributed by atoms with Crippen molar-refractivity contribution in [3.63, 3.8) is 0 Å². The molecule has 3 aromatic carbocycles. The van der Waals surface area contributed by atoms with E-state index in [0.717, 1.165) is 0 Å². The molecule has 0 saturated heterocycles. The number of benzene rings is 3. The summed E-state index contributed by atoms with van der Waals surface area (Å²) in [6.45, 7) is 0. The molecule has 2 aromatic heterocycles. The van der Waals surface area contributed by atoms with Gasteiger partial charge in [0, 0.05) is 10.0 Å². The molecule has 5 aromatic rings. The second kappa shape index (κ2) is 7.83. The molecule has 5 rings (SSSR count).